The van der Waals surface area contributed by atoms with Crippen LogP contribution in [-0.4, -0.2) is 57.1 Å². The molecule has 2 aliphatic heterocycles. The Morgan fingerprint density at radius 3 is 2.22 bits per heavy atom. The van der Waals surface area contributed by atoms with E-state index < -0.39 is 21.3 Å². The van der Waals surface area contributed by atoms with E-state index in [4.69, 9.17) is 11.6 Å². The van der Waals surface area contributed by atoms with Gasteiger partial charge in [0.2, 0.25) is 15.9 Å². The van der Waals surface area contributed by atoms with Crippen LogP contribution in [0.2, 0.25) is 5.02 Å². The summed E-state index contributed by atoms with van der Waals surface area (Å²) >= 11 is 6.23. The average Bonchev–Trinajstić information content (AvgIpc) is 2.91. The van der Waals surface area contributed by atoms with Crippen molar-refractivity contribution in [3.63, 3.8) is 0 Å². The van der Waals surface area contributed by atoms with Crippen LogP contribution in [0, 0.1) is 11.2 Å². The van der Waals surface area contributed by atoms with Crippen molar-refractivity contribution in [2.24, 2.45) is 5.41 Å². The number of rotatable bonds is 3. The lowest BCUT2D eigenvalue weighted by atomic mass is 9.95. The van der Waals surface area contributed by atoms with Gasteiger partial charge in [-0.1, -0.05) is 11.6 Å². The molecule has 0 bridgehead atoms. The Morgan fingerprint density at radius 1 is 1.03 bits per heavy atom. The summed E-state index contributed by atoms with van der Waals surface area (Å²) in [4.78, 5) is 29.6. The van der Waals surface area contributed by atoms with E-state index in [1.54, 1.807) is 30.9 Å². The molecule has 0 spiro atoms. The van der Waals surface area contributed by atoms with E-state index in [9.17, 15) is 22.4 Å². The molecule has 0 aliphatic carbocycles. The standard InChI is InChI=1S/C22H23ClFN3O4S/c1-22(2)14-32(30,31)27(21(22)29)19-13-15(3-8-18(19)23)20(28)26-11-9-25(10-12-26)17-6-4-16(24)5-7-17/h3-8,13H,9-12,14H2,1-2H3. The molecule has 2 saturated heterocycles. The number of piperazine rings is 1. The Morgan fingerprint density at radius 2 is 1.66 bits per heavy atom. The lowest BCUT2D eigenvalue weighted by molar-refractivity contribution is -0.123. The zero-order chi connectivity index (χ0) is 23.3. The predicted molar refractivity (Wildman–Crippen MR) is 121 cm³/mol. The van der Waals surface area contributed by atoms with Crippen LogP contribution in [0.4, 0.5) is 15.8 Å². The van der Waals surface area contributed by atoms with Crippen LogP contribution in [0.5, 0.6) is 0 Å². The Labute approximate surface area is 191 Å². The fraction of sp³-hybridized carbons (Fsp3) is 0.364. The molecule has 7 nitrogen and oxygen atoms in total. The molecule has 2 aromatic rings. The molecule has 170 valence electrons. The first-order chi connectivity index (χ1) is 15.0. The van der Waals surface area contributed by atoms with Crippen LogP contribution >= 0.6 is 11.6 Å². The summed E-state index contributed by atoms with van der Waals surface area (Å²) < 4.78 is 39.1. The summed E-state index contributed by atoms with van der Waals surface area (Å²) in [5.41, 5.74) is 0.0665. The van der Waals surface area contributed by atoms with Gasteiger partial charge in [0.05, 0.1) is 21.9 Å². The summed E-state index contributed by atoms with van der Waals surface area (Å²) in [6, 6.07) is 10.5. The normalized spacial score (nSPS) is 20.0. The highest BCUT2D eigenvalue weighted by Crippen LogP contribution is 2.39. The minimum absolute atomic E-state index is 0.00181. The Kier molecular flexibility index (Phi) is 5.67. The van der Waals surface area contributed by atoms with Gasteiger partial charge in [-0.25, -0.2) is 17.1 Å². The van der Waals surface area contributed by atoms with Gasteiger partial charge in [0.1, 0.15) is 5.82 Å². The molecule has 0 saturated carbocycles. The molecular formula is C22H23ClFN3O4S. The molecule has 2 aliphatic rings. The molecule has 32 heavy (non-hydrogen) atoms. The van der Waals surface area contributed by atoms with Crippen molar-refractivity contribution in [2.75, 3.05) is 41.1 Å². The van der Waals surface area contributed by atoms with E-state index in [1.165, 1.54) is 30.3 Å². The Hall–Kier alpha value is -2.65. The van der Waals surface area contributed by atoms with Gasteiger partial charge in [0, 0.05) is 37.4 Å². The summed E-state index contributed by atoms with van der Waals surface area (Å²) in [7, 11) is -3.89. The number of nitrogens with zero attached hydrogens (tertiary/aromatic N) is 3. The van der Waals surface area contributed by atoms with Gasteiger partial charge in [-0.3, -0.25) is 9.59 Å². The summed E-state index contributed by atoms with van der Waals surface area (Å²) in [6.07, 6.45) is 0. The third-order valence-corrected chi connectivity index (χ3v) is 8.08. The van der Waals surface area contributed by atoms with E-state index in [1.807, 2.05) is 0 Å². The van der Waals surface area contributed by atoms with Crippen LogP contribution in [0.25, 0.3) is 0 Å². The summed E-state index contributed by atoms with van der Waals surface area (Å²) in [6.45, 7) is 5.17. The Bertz CT molecular complexity index is 1180. The quantitative estimate of drug-likeness (QED) is 0.675. The second kappa shape index (κ2) is 8.04. The maximum atomic E-state index is 13.2. The second-order valence-electron chi connectivity index (χ2n) is 8.63. The molecule has 2 aromatic carbocycles. The maximum Gasteiger partial charge on any atom is 0.254 e. The van der Waals surface area contributed by atoms with Gasteiger partial charge >= 0.3 is 0 Å². The molecule has 4 rings (SSSR count). The van der Waals surface area contributed by atoms with Crippen molar-refractivity contribution in [1.29, 1.82) is 0 Å². The van der Waals surface area contributed by atoms with E-state index in [0.29, 0.717) is 26.2 Å². The van der Waals surface area contributed by atoms with Crippen molar-refractivity contribution in [2.45, 2.75) is 13.8 Å². The first-order valence-corrected chi connectivity index (χ1v) is 12.2. The number of benzene rings is 2. The number of carbonyl (C=O) groups excluding carboxylic acids is 2. The molecule has 0 N–H and O–H groups in total. The molecule has 0 atom stereocenters. The molecule has 2 amide bonds. The number of carbonyl (C=O) groups is 2. The molecule has 0 radical (unpaired) electrons. The van der Waals surface area contributed by atoms with Crippen molar-refractivity contribution < 1.29 is 22.4 Å². The smallest absolute Gasteiger partial charge is 0.254 e. The van der Waals surface area contributed by atoms with Crippen LogP contribution in [0.3, 0.4) is 0 Å². The van der Waals surface area contributed by atoms with Gasteiger partial charge in [-0.2, -0.15) is 0 Å². The van der Waals surface area contributed by atoms with Crippen LogP contribution in [0.1, 0.15) is 24.2 Å². The van der Waals surface area contributed by atoms with E-state index in [-0.39, 0.29) is 33.8 Å². The van der Waals surface area contributed by atoms with Crippen LogP contribution in [0.15, 0.2) is 42.5 Å². The topological polar surface area (TPSA) is 78.0 Å². The van der Waals surface area contributed by atoms with E-state index in [0.717, 1.165) is 9.99 Å². The molecule has 2 fully saturated rings. The number of halogens is 2. The fourth-order valence-electron chi connectivity index (χ4n) is 4.05. The van der Waals surface area contributed by atoms with Gasteiger partial charge in [-0.15, -0.1) is 0 Å². The van der Waals surface area contributed by atoms with Gasteiger partial charge in [0.15, 0.2) is 0 Å². The molecule has 0 unspecified atom stereocenters. The summed E-state index contributed by atoms with van der Waals surface area (Å²) in [5, 5.41) is 0.0808. The van der Waals surface area contributed by atoms with Gasteiger partial charge in [-0.05, 0) is 56.3 Å². The first-order valence-electron chi connectivity index (χ1n) is 10.2. The first kappa shape index (κ1) is 22.5. The zero-order valence-electron chi connectivity index (χ0n) is 17.7. The van der Waals surface area contributed by atoms with Crippen molar-refractivity contribution in [3.05, 3.63) is 58.9 Å². The monoisotopic (exact) mass is 479 g/mol. The number of hydrogen-bond acceptors (Lipinski definition) is 5. The highest BCUT2D eigenvalue weighted by atomic mass is 35.5. The number of hydrogen-bond donors (Lipinski definition) is 0. The fourth-order valence-corrected chi connectivity index (χ4v) is 6.41. The maximum absolute atomic E-state index is 13.2. The third-order valence-electron chi connectivity index (χ3n) is 5.76. The average molecular weight is 480 g/mol. The van der Waals surface area contributed by atoms with E-state index >= 15 is 0 Å². The molecule has 2 heterocycles. The lowest BCUT2D eigenvalue weighted by Crippen LogP contribution is -2.48. The number of anilines is 2. The van der Waals surface area contributed by atoms with E-state index in [2.05, 4.69) is 4.90 Å². The lowest BCUT2D eigenvalue weighted by Gasteiger charge is -2.36. The third kappa shape index (κ3) is 4.06. The SMILES string of the molecule is CC1(C)CS(=O)(=O)N(c2cc(C(=O)N3CCN(c4ccc(F)cc4)CC3)ccc2Cl)C1=O. The number of amides is 2. The molecule has 10 heteroatoms. The minimum atomic E-state index is -3.89. The highest BCUT2D eigenvalue weighted by molar-refractivity contribution is 7.94. The van der Waals surface area contributed by atoms with Crippen LogP contribution < -0.4 is 9.21 Å². The van der Waals surface area contributed by atoms with Crippen molar-refractivity contribution in [1.82, 2.24) is 4.90 Å². The second-order valence-corrected chi connectivity index (χ2v) is 10.9. The summed E-state index contributed by atoms with van der Waals surface area (Å²) in [5.74, 6) is -1.47. The van der Waals surface area contributed by atoms with Gasteiger partial charge < -0.3 is 9.80 Å². The molecule has 0 aromatic heterocycles. The van der Waals surface area contributed by atoms with Crippen molar-refractivity contribution >= 4 is 44.8 Å². The van der Waals surface area contributed by atoms with Gasteiger partial charge in [0.25, 0.3) is 5.91 Å². The Balaban J connectivity index is 1.53. The van der Waals surface area contributed by atoms with Crippen LogP contribution in [-0.2, 0) is 14.8 Å². The highest BCUT2D eigenvalue weighted by Gasteiger charge is 2.50. The minimum Gasteiger partial charge on any atom is -0.368 e. The predicted octanol–water partition coefficient (Wildman–Crippen LogP) is 3.14. The zero-order valence-corrected chi connectivity index (χ0v) is 19.3. The number of sulfonamides is 1. The van der Waals surface area contributed by atoms with Crippen molar-refractivity contribution in [3.8, 4) is 0 Å². The molecular weight excluding hydrogens is 457 g/mol. The largest absolute Gasteiger partial charge is 0.368 e.